The summed E-state index contributed by atoms with van der Waals surface area (Å²) in [6.07, 6.45) is 0. The van der Waals surface area contributed by atoms with E-state index in [2.05, 4.69) is 40.6 Å². The Labute approximate surface area is 176 Å². The fourth-order valence-electron chi connectivity index (χ4n) is 4.11. The number of morpholine rings is 1. The van der Waals surface area contributed by atoms with Gasteiger partial charge in [0.05, 0.1) is 36.8 Å². The third-order valence-corrected chi connectivity index (χ3v) is 6.94. The third kappa shape index (κ3) is 4.40. The number of anilines is 2. The molecule has 6 nitrogen and oxygen atoms in total. The molecule has 4 rings (SSSR count). The molecule has 0 amide bonds. The lowest BCUT2D eigenvalue weighted by Gasteiger charge is -2.43. The molecule has 8 heteroatoms. The maximum absolute atomic E-state index is 15.1. The van der Waals surface area contributed by atoms with Gasteiger partial charge in [0.2, 0.25) is 0 Å². The van der Waals surface area contributed by atoms with Crippen molar-refractivity contribution >= 4 is 22.7 Å². The van der Waals surface area contributed by atoms with Gasteiger partial charge in [0.25, 0.3) is 0 Å². The van der Waals surface area contributed by atoms with Crippen LogP contribution in [0.3, 0.4) is 0 Å². The maximum atomic E-state index is 15.1. The third-order valence-electron chi connectivity index (χ3n) is 6.11. The number of halogens is 1. The smallest absolute Gasteiger partial charge is 0.134 e. The summed E-state index contributed by atoms with van der Waals surface area (Å²) < 4.78 is 20.4. The quantitative estimate of drug-likeness (QED) is 0.769. The summed E-state index contributed by atoms with van der Waals surface area (Å²) in [6.45, 7) is 10.2. The maximum Gasteiger partial charge on any atom is 0.134 e. The zero-order valence-electron chi connectivity index (χ0n) is 17.4. The van der Waals surface area contributed by atoms with Gasteiger partial charge in [-0.05, 0) is 33.0 Å². The highest BCUT2D eigenvalue weighted by Gasteiger charge is 2.28. The molecule has 0 aliphatic carbocycles. The van der Waals surface area contributed by atoms with Crippen LogP contribution in [0.5, 0.6) is 0 Å². The van der Waals surface area contributed by atoms with Crippen LogP contribution in [0.4, 0.5) is 15.8 Å². The van der Waals surface area contributed by atoms with Gasteiger partial charge in [0.1, 0.15) is 10.8 Å². The molecule has 2 fully saturated rings. The van der Waals surface area contributed by atoms with Gasteiger partial charge in [0.15, 0.2) is 0 Å². The van der Waals surface area contributed by atoms with Crippen molar-refractivity contribution in [1.82, 2.24) is 14.8 Å². The molecule has 0 radical (unpaired) electrons. The van der Waals surface area contributed by atoms with E-state index in [9.17, 15) is 0 Å². The summed E-state index contributed by atoms with van der Waals surface area (Å²) in [5.41, 5.74) is 8.89. The first kappa shape index (κ1) is 20.5. The van der Waals surface area contributed by atoms with Crippen molar-refractivity contribution in [2.45, 2.75) is 32.5 Å². The van der Waals surface area contributed by atoms with Crippen LogP contribution in [0.2, 0.25) is 0 Å². The fraction of sp³-hybridized carbons (Fsp3) is 0.571. The Morgan fingerprint density at radius 1 is 1.21 bits per heavy atom. The Bertz CT molecular complexity index is 842. The number of likely N-dealkylation sites (N-methyl/N-ethyl adjacent to an activating group) is 1. The van der Waals surface area contributed by atoms with Gasteiger partial charge < -0.3 is 15.4 Å². The molecular formula is C21H30FN5OS. The Hall–Kier alpha value is -1.74. The summed E-state index contributed by atoms with van der Waals surface area (Å²) in [5, 5.41) is 2.92. The molecule has 0 unspecified atom stereocenters. The minimum absolute atomic E-state index is 0.267. The second-order valence-electron chi connectivity index (χ2n) is 8.17. The lowest BCUT2D eigenvalue weighted by Crippen LogP contribution is -2.55. The number of hydrogen-bond donors (Lipinski definition) is 1. The Morgan fingerprint density at radius 3 is 2.59 bits per heavy atom. The van der Waals surface area contributed by atoms with Crippen molar-refractivity contribution in [2.75, 3.05) is 57.1 Å². The first-order valence-electron chi connectivity index (χ1n) is 10.2. The lowest BCUT2D eigenvalue weighted by molar-refractivity contribution is 0.0342. The van der Waals surface area contributed by atoms with Crippen molar-refractivity contribution in [3.05, 3.63) is 28.3 Å². The van der Waals surface area contributed by atoms with Crippen LogP contribution in [-0.4, -0.2) is 73.3 Å². The van der Waals surface area contributed by atoms with E-state index < -0.39 is 0 Å². The van der Waals surface area contributed by atoms with Crippen LogP contribution >= 0.6 is 11.3 Å². The molecule has 2 N–H and O–H groups in total. The summed E-state index contributed by atoms with van der Waals surface area (Å²) in [7, 11) is 2.14. The molecule has 1 aromatic carbocycles. The number of nitrogens with two attached hydrogens (primary N) is 1. The number of rotatable bonds is 4. The van der Waals surface area contributed by atoms with E-state index in [1.807, 2.05) is 5.38 Å². The normalized spacial score (nSPS) is 24.2. The molecule has 2 aromatic rings. The molecule has 3 heterocycles. The topological polar surface area (TPSA) is 57.9 Å². The van der Waals surface area contributed by atoms with E-state index in [1.54, 1.807) is 23.5 Å². The van der Waals surface area contributed by atoms with E-state index in [1.165, 1.54) is 0 Å². The zero-order valence-corrected chi connectivity index (χ0v) is 18.2. The van der Waals surface area contributed by atoms with Gasteiger partial charge >= 0.3 is 0 Å². The molecule has 0 spiro atoms. The first-order valence-corrected chi connectivity index (χ1v) is 11.1. The number of benzene rings is 1. The molecular weight excluding hydrogens is 389 g/mol. The van der Waals surface area contributed by atoms with Gasteiger partial charge in [-0.2, -0.15) is 0 Å². The van der Waals surface area contributed by atoms with E-state index in [0.29, 0.717) is 29.0 Å². The molecule has 158 valence electrons. The molecule has 1 aromatic heterocycles. The SMILES string of the molecule is C[C@@H]1CN(c2cc(F)c(-c3csc(CN4CCOCC4)n3)cc2N)C[C@H](C)N1C. The zero-order chi connectivity index (χ0) is 20.5. The van der Waals surface area contributed by atoms with Crippen molar-refractivity contribution in [1.29, 1.82) is 0 Å². The summed E-state index contributed by atoms with van der Waals surface area (Å²) in [6, 6.07) is 4.10. The van der Waals surface area contributed by atoms with Crippen LogP contribution in [0, 0.1) is 5.82 Å². The highest BCUT2D eigenvalue weighted by atomic mass is 32.1. The first-order chi connectivity index (χ1) is 13.9. The van der Waals surface area contributed by atoms with E-state index >= 15 is 4.39 Å². The lowest BCUT2D eigenvalue weighted by atomic mass is 10.1. The standard InChI is InChI=1S/C21H30FN5OS/c1-14-10-27(11-15(2)25(14)3)20-9-17(22)16(8-18(20)23)19-13-29-21(24-19)12-26-4-6-28-7-5-26/h8-9,13-15H,4-7,10-12,23H2,1-3H3/t14-,15+. The average molecular weight is 420 g/mol. The Kier molecular flexibility index (Phi) is 6.06. The van der Waals surface area contributed by atoms with Gasteiger partial charge in [-0.15, -0.1) is 11.3 Å². The van der Waals surface area contributed by atoms with Crippen molar-refractivity contribution in [3.63, 3.8) is 0 Å². The van der Waals surface area contributed by atoms with E-state index in [4.69, 9.17) is 10.5 Å². The molecule has 2 saturated heterocycles. The van der Waals surface area contributed by atoms with Gasteiger partial charge in [-0.1, -0.05) is 0 Å². The molecule has 2 aliphatic heterocycles. The average Bonchev–Trinajstić information content (AvgIpc) is 3.16. The van der Waals surface area contributed by atoms with Gasteiger partial charge in [-0.25, -0.2) is 9.37 Å². The predicted molar refractivity (Wildman–Crippen MR) is 117 cm³/mol. The van der Waals surface area contributed by atoms with E-state index in [-0.39, 0.29) is 5.82 Å². The molecule has 0 saturated carbocycles. The number of nitrogen functional groups attached to an aromatic ring is 1. The van der Waals surface area contributed by atoms with Crippen LogP contribution < -0.4 is 10.6 Å². The van der Waals surface area contributed by atoms with Crippen molar-refractivity contribution in [2.24, 2.45) is 0 Å². The summed E-state index contributed by atoms with van der Waals surface area (Å²) >= 11 is 1.57. The van der Waals surface area contributed by atoms with Crippen molar-refractivity contribution in [3.8, 4) is 11.3 Å². The number of hydrogen-bond acceptors (Lipinski definition) is 7. The summed E-state index contributed by atoms with van der Waals surface area (Å²) in [5.74, 6) is -0.267. The monoisotopic (exact) mass is 419 g/mol. The largest absolute Gasteiger partial charge is 0.397 e. The number of thiazole rings is 1. The Balaban J connectivity index is 1.53. The van der Waals surface area contributed by atoms with Crippen molar-refractivity contribution < 1.29 is 9.13 Å². The van der Waals surface area contributed by atoms with Gasteiger partial charge in [-0.3, -0.25) is 9.80 Å². The second-order valence-corrected chi connectivity index (χ2v) is 9.12. The second kappa shape index (κ2) is 8.55. The van der Waals surface area contributed by atoms with Crippen LogP contribution in [0.25, 0.3) is 11.3 Å². The molecule has 29 heavy (non-hydrogen) atoms. The fourth-order valence-corrected chi connectivity index (χ4v) is 4.94. The predicted octanol–water partition coefficient (Wildman–Crippen LogP) is 2.89. The molecule has 2 aliphatic rings. The number of ether oxygens (including phenoxy) is 1. The number of piperazine rings is 1. The van der Waals surface area contributed by atoms with Crippen LogP contribution in [0.15, 0.2) is 17.5 Å². The molecule has 0 bridgehead atoms. The van der Waals surface area contributed by atoms with E-state index in [0.717, 1.165) is 56.6 Å². The number of nitrogens with zero attached hydrogens (tertiary/aromatic N) is 4. The molecule has 2 atom stereocenters. The highest BCUT2D eigenvalue weighted by Crippen LogP contribution is 2.34. The Morgan fingerprint density at radius 2 is 1.90 bits per heavy atom. The highest BCUT2D eigenvalue weighted by molar-refractivity contribution is 7.09. The minimum atomic E-state index is -0.267. The van der Waals surface area contributed by atoms with Gasteiger partial charge in [0, 0.05) is 49.2 Å². The summed E-state index contributed by atoms with van der Waals surface area (Å²) in [4.78, 5) is 11.5. The van der Waals surface area contributed by atoms with Crippen LogP contribution in [-0.2, 0) is 11.3 Å². The van der Waals surface area contributed by atoms with Crippen LogP contribution in [0.1, 0.15) is 18.9 Å². The number of aromatic nitrogens is 1. The minimum Gasteiger partial charge on any atom is -0.397 e.